The number of fused-ring (bicyclic) bond motifs is 3. The minimum absolute atomic E-state index is 0.0933. The number of hydrogen-bond acceptors (Lipinski definition) is 3. The van der Waals surface area contributed by atoms with Crippen LogP contribution in [-0.4, -0.2) is 23.8 Å². The van der Waals surface area contributed by atoms with Gasteiger partial charge in [0.2, 0.25) is 0 Å². The lowest BCUT2D eigenvalue weighted by Crippen LogP contribution is -2.32. The van der Waals surface area contributed by atoms with E-state index in [9.17, 15) is 19.1 Å². The first-order valence-electron chi connectivity index (χ1n) is 10.0. The number of amides is 1. The number of carboxylic acid groups (broad SMARTS) is 1. The lowest BCUT2D eigenvalue weighted by molar-refractivity contribution is -0.137. The van der Waals surface area contributed by atoms with Crippen LogP contribution < -0.4 is 5.32 Å². The molecule has 6 heteroatoms. The predicted octanol–water partition coefficient (Wildman–Crippen LogP) is 5.19. The van der Waals surface area contributed by atoms with Crippen molar-refractivity contribution in [3.63, 3.8) is 0 Å². The Labute approximate surface area is 179 Å². The molecule has 0 unspecified atom stereocenters. The molecule has 0 radical (unpaired) electrons. The number of aryl methyl sites for hydroxylation is 1. The Balaban J connectivity index is 1.50. The molecule has 1 amide bonds. The van der Waals surface area contributed by atoms with Crippen LogP contribution in [0, 0.1) is 12.7 Å². The van der Waals surface area contributed by atoms with Gasteiger partial charge in [-0.25, -0.2) is 9.18 Å². The molecule has 2 N–H and O–H groups in total. The lowest BCUT2D eigenvalue weighted by Gasteiger charge is -2.20. The Kier molecular flexibility index (Phi) is 5.71. The van der Waals surface area contributed by atoms with Gasteiger partial charge in [0.1, 0.15) is 12.4 Å². The van der Waals surface area contributed by atoms with E-state index >= 15 is 0 Å². The van der Waals surface area contributed by atoms with Gasteiger partial charge in [0, 0.05) is 11.5 Å². The molecule has 31 heavy (non-hydrogen) atoms. The molecular weight excluding hydrogens is 397 g/mol. The number of carboxylic acids is 1. The van der Waals surface area contributed by atoms with Crippen LogP contribution in [0.2, 0.25) is 0 Å². The highest BCUT2D eigenvalue weighted by atomic mass is 19.1. The van der Waals surface area contributed by atoms with Crippen LogP contribution >= 0.6 is 0 Å². The summed E-state index contributed by atoms with van der Waals surface area (Å²) in [5.41, 5.74) is 5.18. The molecule has 3 aromatic carbocycles. The zero-order valence-electron chi connectivity index (χ0n) is 17.0. The fourth-order valence-corrected chi connectivity index (χ4v) is 4.11. The third-order valence-electron chi connectivity index (χ3n) is 5.55. The third-order valence-corrected chi connectivity index (χ3v) is 5.55. The summed E-state index contributed by atoms with van der Waals surface area (Å²) >= 11 is 0. The number of hydrogen-bond donors (Lipinski definition) is 2. The van der Waals surface area contributed by atoms with Gasteiger partial charge >= 0.3 is 12.1 Å². The van der Waals surface area contributed by atoms with Crippen molar-refractivity contribution in [2.45, 2.75) is 25.3 Å². The SMILES string of the molecule is Cc1ccc([C@@H](CC(=O)O)NC(=O)OCC2c3ccccc3-c3ccccc32)c(F)c1. The first kappa shape index (κ1) is 20.6. The molecule has 5 nitrogen and oxygen atoms in total. The fourth-order valence-electron chi connectivity index (χ4n) is 4.11. The first-order valence-corrected chi connectivity index (χ1v) is 10.0. The number of aliphatic carboxylic acids is 1. The highest BCUT2D eigenvalue weighted by molar-refractivity contribution is 5.79. The normalized spacial score (nSPS) is 13.2. The molecule has 0 heterocycles. The van der Waals surface area contributed by atoms with Crippen LogP contribution in [0.5, 0.6) is 0 Å². The Morgan fingerprint density at radius 1 is 1.03 bits per heavy atom. The molecule has 0 saturated heterocycles. The molecule has 0 bridgehead atoms. The number of carbonyl (C=O) groups excluding carboxylic acids is 1. The predicted molar refractivity (Wildman–Crippen MR) is 114 cm³/mol. The standard InChI is InChI=1S/C25H22FNO4/c1-15-10-11-20(22(26)12-15)23(13-24(28)29)27-25(30)31-14-21-18-8-4-2-6-16(18)17-7-3-5-9-19(17)21/h2-12,21,23H,13-14H2,1H3,(H,27,30)(H,28,29)/t23-/m1/s1. The number of rotatable bonds is 6. The van der Waals surface area contributed by atoms with E-state index in [-0.39, 0.29) is 18.1 Å². The molecule has 0 saturated carbocycles. The van der Waals surface area contributed by atoms with Gasteiger partial charge in [0.15, 0.2) is 0 Å². The van der Waals surface area contributed by atoms with Crippen molar-refractivity contribution in [1.29, 1.82) is 0 Å². The van der Waals surface area contributed by atoms with Crippen LogP contribution in [0.1, 0.15) is 40.6 Å². The van der Waals surface area contributed by atoms with Crippen LogP contribution in [-0.2, 0) is 9.53 Å². The summed E-state index contributed by atoms with van der Waals surface area (Å²) in [5, 5.41) is 11.7. The summed E-state index contributed by atoms with van der Waals surface area (Å²) in [6.07, 6.45) is -1.24. The number of ether oxygens (including phenoxy) is 1. The zero-order chi connectivity index (χ0) is 22.0. The third kappa shape index (κ3) is 4.28. The van der Waals surface area contributed by atoms with Gasteiger partial charge in [-0.3, -0.25) is 4.79 Å². The van der Waals surface area contributed by atoms with E-state index in [0.29, 0.717) is 5.56 Å². The molecule has 158 valence electrons. The van der Waals surface area contributed by atoms with Crippen LogP contribution in [0.4, 0.5) is 9.18 Å². The summed E-state index contributed by atoms with van der Waals surface area (Å²) in [4.78, 5) is 23.8. The average Bonchev–Trinajstić information content (AvgIpc) is 3.05. The van der Waals surface area contributed by atoms with Crippen LogP contribution in [0.3, 0.4) is 0 Å². The van der Waals surface area contributed by atoms with E-state index in [2.05, 4.69) is 5.32 Å². The van der Waals surface area contributed by atoms with E-state index in [4.69, 9.17) is 4.74 Å². The smallest absolute Gasteiger partial charge is 0.407 e. The number of carbonyl (C=O) groups is 2. The highest BCUT2D eigenvalue weighted by Crippen LogP contribution is 2.44. The number of alkyl carbamates (subject to hydrolysis) is 1. The van der Waals surface area contributed by atoms with Crippen molar-refractivity contribution in [1.82, 2.24) is 5.32 Å². The van der Waals surface area contributed by atoms with E-state index in [0.717, 1.165) is 22.3 Å². The summed E-state index contributed by atoms with van der Waals surface area (Å²) in [6.45, 7) is 1.83. The molecule has 0 fully saturated rings. The topological polar surface area (TPSA) is 75.6 Å². The molecule has 4 rings (SSSR count). The number of nitrogens with one attached hydrogen (secondary N) is 1. The van der Waals surface area contributed by atoms with Gasteiger partial charge in [-0.1, -0.05) is 60.7 Å². The molecule has 1 aliphatic carbocycles. The second-order valence-electron chi connectivity index (χ2n) is 7.65. The quantitative estimate of drug-likeness (QED) is 0.577. The van der Waals surface area contributed by atoms with E-state index in [1.807, 2.05) is 48.5 Å². The highest BCUT2D eigenvalue weighted by Gasteiger charge is 2.29. The first-order chi connectivity index (χ1) is 14.9. The monoisotopic (exact) mass is 419 g/mol. The lowest BCUT2D eigenvalue weighted by atomic mass is 9.98. The Morgan fingerprint density at radius 3 is 2.23 bits per heavy atom. The molecule has 1 atom stereocenters. The number of halogens is 1. The summed E-state index contributed by atoms with van der Waals surface area (Å²) in [7, 11) is 0. The molecule has 1 aliphatic rings. The van der Waals surface area contributed by atoms with Crippen molar-refractivity contribution in [3.8, 4) is 11.1 Å². The Morgan fingerprint density at radius 2 is 1.65 bits per heavy atom. The van der Waals surface area contributed by atoms with Crippen molar-refractivity contribution in [2.75, 3.05) is 6.61 Å². The summed E-state index contributed by atoms with van der Waals surface area (Å²) < 4.78 is 19.8. The average molecular weight is 419 g/mol. The summed E-state index contributed by atoms with van der Waals surface area (Å²) in [5.74, 6) is -1.83. The van der Waals surface area contributed by atoms with E-state index < -0.39 is 30.3 Å². The molecular formula is C25H22FNO4. The molecule has 0 aliphatic heterocycles. The minimum atomic E-state index is -1.15. The van der Waals surface area contributed by atoms with Gasteiger partial charge in [-0.15, -0.1) is 0 Å². The van der Waals surface area contributed by atoms with Gasteiger partial charge in [-0.2, -0.15) is 0 Å². The van der Waals surface area contributed by atoms with Gasteiger partial charge in [-0.05, 0) is 40.8 Å². The van der Waals surface area contributed by atoms with Crippen LogP contribution in [0.25, 0.3) is 11.1 Å². The Bertz CT molecular complexity index is 1100. The fraction of sp³-hybridized carbons (Fsp3) is 0.200. The number of benzene rings is 3. The van der Waals surface area contributed by atoms with E-state index in [1.54, 1.807) is 13.0 Å². The van der Waals surface area contributed by atoms with Crippen molar-refractivity contribution < 1.29 is 23.8 Å². The Hall–Kier alpha value is -3.67. The maximum Gasteiger partial charge on any atom is 0.407 e. The van der Waals surface area contributed by atoms with Crippen molar-refractivity contribution in [3.05, 3.63) is 94.8 Å². The largest absolute Gasteiger partial charge is 0.481 e. The van der Waals surface area contributed by atoms with Crippen LogP contribution in [0.15, 0.2) is 66.7 Å². The second kappa shape index (κ2) is 8.60. The minimum Gasteiger partial charge on any atom is -0.481 e. The van der Waals surface area contributed by atoms with Crippen molar-refractivity contribution in [2.24, 2.45) is 0 Å². The van der Waals surface area contributed by atoms with E-state index in [1.165, 1.54) is 12.1 Å². The maximum atomic E-state index is 14.4. The molecule has 0 aromatic heterocycles. The molecule has 0 spiro atoms. The van der Waals surface area contributed by atoms with Gasteiger partial charge in [0.25, 0.3) is 0 Å². The van der Waals surface area contributed by atoms with Gasteiger partial charge < -0.3 is 15.2 Å². The van der Waals surface area contributed by atoms with Crippen molar-refractivity contribution >= 4 is 12.1 Å². The maximum absolute atomic E-state index is 14.4. The summed E-state index contributed by atoms with van der Waals surface area (Å²) in [6, 6.07) is 19.4. The zero-order valence-corrected chi connectivity index (χ0v) is 17.0. The molecule has 3 aromatic rings. The van der Waals surface area contributed by atoms with Gasteiger partial charge in [0.05, 0.1) is 12.5 Å². The second-order valence-corrected chi connectivity index (χ2v) is 7.65.